The van der Waals surface area contributed by atoms with Gasteiger partial charge in [0.15, 0.2) is 5.82 Å². The summed E-state index contributed by atoms with van der Waals surface area (Å²) in [4.78, 5) is 9.05. The van der Waals surface area contributed by atoms with E-state index >= 15 is 0 Å². The van der Waals surface area contributed by atoms with Gasteiger partial charge in [-0.2, -0.15) is 0 Å². The Bertz CT molecular complexity index is 421. The molecular weight excluding hydrogens is 238 g/mol. The molecule has 0 unspecified atom stereocenters. The van der Waals surface area contributed by atoms with Crippen LogP contribution in [0.2, 0.25) is 0 Å². The Balaban J connectivity index is 2.29. The third-order valence-electron chi connectivity index (χ3n) is 4.16. The zero-order valence-corrected chi connectivity index (χ0v) is 12.3. The van der Waals surface area contributed by atoms with Crippen molar-refractivity contribution < 1.29 is 4.74 Å². The molecule has 0 bridgehead atoms. The van der Waals surface area contributed by atoms with Crippen LogP contribution in [0, 0.1) is 5.41 Å². The first-order valence-corrected chi connectivity index (χ1v) is 7.18. The van der Waals surface area contributed by atoms with Gasteiger partial charge in [0.1, 0.15) is 5.60 Å². The van der Waals surface area contributed by atoms with Crippen molar-refractivity contribution >= 4 is 0 Å². The molecule has 0 aliphatic heterocycles. The van der Waals surface area contributed by atoms with Gasteiger partial charge in [-0.3, -0.25) is 0 Å². The van der Waals surface area contributed by atoms with Crippen LogP contribution >= 0.6 is 0 Å². The molecule has 0 radical (unpaired) electrons. The van der Waals surface area contributed by atoms with E-state index in [-0.39, 0.29) is 5.60 Å². The lowest BCUT2D eigenvalue weighted by molar-refractivity contribution is -0.0949. The second-order valence-corrected chi connectivity index (χ2v) is 6.17. The molecule has 0 atom stereocenters. The second kappa shape index (κ2) is 5.55. The molecule has 19 heavy (non-hydrogen) atoms. The molecule has 1 aromatic rings. The summed E-state index contributed by atoms with van der Waals surface area (Å²) in [5.74, 6) is 0.813. The molecule has 2 rings (SSSR count). The highest BCUT2D eigenvalue weighted by atomic mass is 16.5. The Hall–Kier alpha value is -1.00. The highest BCUT2D eigenvalue weighted by Gasteiger charge is 2.42. The van der Waals surface area contributed by atoms with Crippen molar-refractivity contribution in [1.82, 2.24) is 9.97 Å². The van der Waals surface area contributed by atoms with E-state index in [0.717, 1.165) is 37.2 Å². The summed E-state index contributed by atoms with van der Waals surface area (Å²) in [6.45, 7) is 7.81. The van der Waals surface area contributed by atoms with E-state index in [4.69, 9.17) is 10.5 Å². The van der Waals surface area contributed by atoms with Gasteiger partial charge < -0.3 is 10.5 Å². The molecule has 0 amide bonds. The van der Waals surface area contributed by atoms with E-state index in [1.165, 1.54) is 0 Å². The predicted octanol–water partition coefficient (Wildman–Crippen LogP) is 2.77. The number of hydrogen-bond acceptors (Lipinski definition) is 4. The maximum Gasteiger partial charge on any atom is 0.160 e. The van der Waals surface area contributed by atoms with E-state index in [0.29, 0.717) is 18.6 Å². The van der Waals surface area contributed by atoms with Crippen molar-refractivity contribution in [3.8, 4) is 0 Å². The van der Waals surface area contributed by atoms with Crippen LogP contribution in [0.25, 0.3) is 0 Å². The topological polar surface area (TPSA) is 61.0 Å². The monoisotopic (exact) mass is 263 g/mol. The van der Waals surface area contributed by atoms with Crippen molar-refractivity contribution in [2.75, 3.05) is 6.61 Å². The van der Waals surface area contributed by atoms with E-state index in [9.17, 15) is 0 Å². The van der Waals surface area contributed by atoms with Gasteiger partial charge in [-0.15, -0.1) is 0 Å². The Labute approximate surface area is 115 Å². The van der Waals surface area contributed by atoms with Gasteiger partial charge in [0.2, 0.25) is 0 Å². The standard InChI is InChI=1S/C15H25N3O/c1-4-19-15(8-6-14(2,3)7-9-15)13-17-10-5-12(11-16)18-13/h5,10H,4,6-9,11,16H2,1-3H3. The van der Waals surface area contributed by atoms with Crippen LogP contribution in [-0.2, 0) is 16.9 Å². The van der Waals surface area contributed by atoms with Crippen LogP contribution in [0.15, 0.2) is 12.3 Å². The molecule has 4 heteroatoms. The van der Waals surface area contributed by atoms with E-state index in [1.54, 1.807) is 6.20 Å². The summed E-state index contributed by atoms with van der Waals surface area (Å²) in [7, 11) is 0. The number of rotatable bonds is 4. The first kappa shape index (κ1) is 14.4. The SMILES string of the molecule is CCOC1(c2nccc(CN)n2)CCC(C)(C)CC1. The van der Waals surface area contributed by atoms with Gasteiger partial charge in [-0.25, -0.2) is 9.97 Å². The number of nitrogens with zero attached hydrogens (tertiary/aromatic N) is 2. The molecular formula is C15H25N3O. The average Bonchev–Trinajstić information content (AvgIpc) is 2.42. The van der Waals surface area contributed by atoms with Crippen molar-refractivity contribution in [2.45, 2.75) is 58.6 Å². The molecule has 1 aliphatic rings. The molecule has 0 spiro atoms. The molecule has 106 valence electrons. The number of nitrogens with two attached hydrogens (primary N) is 1. The van der Waals surface area contributed by atoms with Gasteiger partial charge in [-0.1, -0.05) is 13.8 Å². The van der Waals surface area contributed by atoms with Crippen molar-refractivity contribution in [2.24, 2.45) is 11.1 Å². The summed E-state index contributed by atoms with van der Waals surface area (Å²) >= 11 is 0. The highest BCUT2D eigenvalue weighted by molar-refractivity contribution is 5.10. The van der Waals surface area contributed by atoms with E-state index in [2.05, 4.69) is 23.8 Å². The van der Waals surface area contributed by atoms with Crippen LogP contribution in [0.5, 0.6) is 0 Å². The van der Waals surface area contributed by atoms with Crippen LogP contribution in [0.4, 0.5) is 0 Å². The molecule has 4 nitrogen and oxygen atoms in total. The Morgan fingerprint density at radius 3 is 2.53 bits per heavy atom. The minimum atomic E-state index is -0.310. The largest absolute Gasteiger partial charge is 0.367 e. The van der Waals surface area contributed by atoms with Gasteiger partial charge in [-0.05, 0) is 44.1 Å². The average molecular weight is 263 g/mol. The molecule has 2 N–H and O–H groups in total. The fourth-order valence-electron chi connectivity index (χ4n) is 2.77. The van der Waals surface area contributed by atoms with E-state index in [1.807, 2.05) is 13.0 Å². The molecule has 1 fully saturated rings. The van der Waals surface area contributed by atoms with Gasteiger partial charge in [0.05, 0.1) is 5.69 Å². The Kier molecular flexibility index (Phi) is 4.21. The lowest BCUT2D eigenvalue weighted by Crippen LogP contribution is -2.39. The van der Waals surface area contributed by atoms with Crippen molar-refractivity contribution in [1.29, 1.82) is 0 Å². The van der Waals surface area contributed by atoms with Crippen molar-refractivity contribution in [3.63, 3.8) is 0 Å². The van der Waals surface area contributed by atoms with Gasteiger partial charge in [0, 0.05) is 19.3 Å². The van der Waals surface area contributed by atoms with E-state index < -0.39 is 0 Å². The summed E-state index contributed by atoms with van der Waals surface area (Å²) in [5.41, 5.74) is 6.65. The maximum atomic E-state index is 6.08. The Morgan fingerprint density at radius 2 is 1.95 bits per heavy atom. The van der Waals surface area contributed by atoms with Gasteiger partial charge >= 0.3 is 0 Å². The quantitative estimate of drug-likeness (QED) is 0.907. The minimum absolute atomic E-state index is 0.310. The number of ether oxygens (including phenoxy) is 1. The van der Waals surface area contributed by atoms with Gasteiger partial charge in [0.25, 0.3) is 0 Å². The van der Waals surface area contributed by atoms with Crippen LogP contribution in [-0.4, -0.2) is 16.6 Å². The lowest BCUT2D eigenvalue weighted by atomic mass is 9.70. The fraction of sp³-hybridized carbons (Fsp3) is 0.733. The smallest absolute Gasteiger partial charge is 0.160 e. The molecule has 1 heterocycles. The Morgan fingerprint density at radius 1 is 1.26 bits per heavy atom. The zero-order valence-electron chi connectivity index (χ0n) is 12.3. The lowest BCUT2D eigenvalue weighted by Gasteiger charge is -2.42. The zero-order chi connectivity index (χ0) is 13.9. The molecule has 1 saturated carbocycles. The van der Waals surface area contributed by atoms with Crippen LogP contribution in [0.3, 0.4) is 0 Å². The van der Waals surface area contributed by atoms with Crippen LogP contribution < -0.4 is 5.73 Å². The third-order valence-corrected chi connectivity index (χ3v) is 4.16. The summed E-state index contributed by atoms with van der Waals surface area (Å²) < 4.78 is 6.08. The fourth-order valence-corrected chi connectivity index (χ4v) is 2.77. The second-order valence-electron chi connectivity index (χ2n) is 6.17. The summed E-state index contributed by atoms with van der Waals surface area (Å²) in [6, 6.07) is 1.87. The predicted molar refractivity (Wildman–Crippen MR) is 75.5 cm³/mol. The number of hydrogen-bond donors (Lipinski definition) is 1. The molecule has 1 aromatic heterocycles. The number of aromatic nitrogens is 2. The van der Waals surface area contributed by atoms with Crippen molar-refractivity contribution in [3.05, 3.63) is 23.8 Å². The summed E-state index contributed by atoms with van der Waals surface area (Å²) in [6.07, 6.45) is 6.06. The molecule has 0 saturated heterocycles. The molecule has 1 aliphatic carbocycles. The maximum absolute atomic E-state index is 6.08. The first-order valence-electron chi connectivity index (χ1n) is 7.18. The third kappa shape index (κ3) is 3.12. The normalized spacial score (nSPS) is 21.3. The minimum Gasteiger partial charge on any atom is -0.367 e. The summed E-state index contributed by atoms with van der Waals surface area (Å²) in [5, 5.41) is 0. The van der Waals surface area contributed by atoms with Crippen LogP contribution in [0.1, 0.15) is 58.0 Å². The first-order chi connectivity index (χ1) is 9.01. The highest BCUT2D eigenvalue weighted by Crippen LogP contribution is 2.46. The molecule has 0 aromatic carbocycles.